The van der Waals surface area contributed by atoms with Crippen molar-refractivity contribution >= 4 is 11.8 Å². The van der Waals surface area contributed by atoms with E-state index in [1.165, 1.54) is 12.4 Å². The van der Waals surface area contributed by atoms with E-state index in [4.69, 9.17) is 0 Å². The fourth-order valence-electron chi connectivity index (χ4n) is 1.14. The molecular weight excluding hydrogens is 196 g/mol. The van der Waals surface area contributed by atoms with Crippen LogP contribution in [-0.4, -0.2) is 34.6 Å². The molecule has 1 fully saturated rings. The Bertz CT molecular complexity index is 356. The standard InChI is InChI=1S/C9H12N4O2/c14-8(13-7-1-2-7)5-10-9(15)6-3-11-12-4-6/h3-4,7H,1-2,5H2,(H,10,15)(H,11,12)(H,13,14). The first kappa shape index (κ1) is 9.70. The van der Waals surface area contributed by atoms with E-state index in [1.807, 2.05) is 0 Å². The molecule has 0 spiro atoms. The van der Waals surface area contributed by atoms with Gasteiger partial charge in [-0.1, -0.05) is 0 Å². The molecule has 80 valence electrons. The topological polar surface area (TPSA) is 86.9 Å². The van der Waals surface area contributed by atoms with Gasteiger partial charge in [0.2, 0.25) is 5.91 Å². The normalized spacial score (nSPS) is 14.7. The molecule has 1 aromatic rings. The van der Waals surface area contributed by atoms with E-state index in [-0.39, 0.29) is 18.4 Å². The minimum Gasteiger partial charge on any atom is -0.352 e. The first-order valence-corrected chi connectivity index (χ1v) is 4.82. The van der Waals surface area contributed by atoms with Crippen molar-refractivity contribution in [1.29, 1.82) is 0 Å². The molecule has 2 rings (SSSR count). The smallest absolute Gasteiger partial charge is 0.254 e. The van der Waals surface area contributed by atoms with Crippen LogP contribution in [0.2, 0.25) is 0 Å². The fourth-order valence-corrected chi connectivity index (χ4v) is 1.14. The number of hydrogen-bond donors (Lipinski definition) is 3. The second-order valence-corrected chi connectivity index (χ2v) is 3.51. The lowest BCUT2D eigenvalue weighted by Crippen LogP contribution is -2.37. The average molecular weight is 208 g/mol. The van der Waals surface area contributed by atoms with Crippen molar-refractivity contribution in [2.24, 2.45) is 0 Å². The first-order chi connectivity index (χ1) is 7.25. The fraction of sp³-hybridized carbons (Fsp3) is 0.444. The van der Waals surface area contributed by atoms with Gasteiger partial charge in [0.1, 0.15) is 0 Å². The van der Waals surface area contributed by atoms with Gasteiger partial charge in [0.15, 0.2) is 0 Å². The molecule has 15 heavy (non-hydrogen) atoms. The number of amides is 2. The summed E-state index contributed by atoms with van der Waals surface area (Å²) in [7, 11) is 0. The lowest BCUT2D eigenvalue weighted by Gasteiger charge is -2.04. The van der Waals surface area contributed by atoms with Gasteiger partial charge >= 0.3 is 0 Å². The van der Waals surface area contributed by atoms with Gasteiger partial charge in [0.05, 0.1) is 18.3 Å². The molecule has 0 aliphatic heterocycles. The summed E-state index contributed by atoms with van der Waals surface area (Å²) in [5, 5.41) is 11.5. The molecule has 6 nitrogen and oxygen atoms in total. The molecule has 0 atom stereocenters. The van der Waals surface area contributed by atoms with Crippen molar-refractivity contribution in [1.82, 2.24) is 20.8 Å². The number of nitrogens with zero attached hydrogens (tertiary/aromatic N) is 1. The summed E-state index contributed by atoms with van der Waals surface area (Å²) >= 11 is 0. The van der Waals surface area contributed by atoms with Crippen LogP contribution in [0.5, 0.6) is 0 Å². The lowest BCUT2D eigenvalue weighted by atomic mass is 10.3. The molecule has 0 saturated heterocycles. The number of nitrogens with one attached hydrogen (secondary N) is 3. The average Bonchev–Trinajstić information content (AvgIpc) is 2.86. The van der Waals surface area contributed by atoms with Crippen molar-refractivity contribution in [3.63, 3.8) is 0 Å². The van der Waals surface area contributed by atoms with Gasteiger partial charge in [-0.05, 0) is 12.8 Å². The highest BCUT2D eigenvalue weighted by molar-refractivity contribution is 5.96. The van der Waals surface area contributed by atoms with E-state index in [0.717, 1.165) is 12.8 Å². The van der Waals surface area contributed by atoms with Crippen LogP contribution in [0.25, 0.3) is 0 Å². The van der Waals surface area contributed by atoms with Gasteiger partial charge in [-0.25, -0.2) is 0 Å². The summed E-state index contributed by atoms with van der Waals surface area (Å²) in [6.45, 7) is 0.0144. The number of carbonyl (C=O) groups is 2. The predicted molar refractivity (Wildman–Crippen MR) is 52.1 cm³/mol. The molecule has 0 radical (unpaired) electrons. The molecule has 1 saturated carbocycles. The van der Waals surface area contributed by atoms with Crippen molar-refractivity contribution in [3.05, 3.63) is 18.0 Å². The Labute approximate surface area is 86.4 Å². The third-order valence-corrected chi connectivity index (χ3v) is 2.11. The van der Waals surface area contributed by atoms with Gasteiger partial charge in [-0.3, -0.25) is 14.7 Å². The van der Waals surface area contributed by atoms with Crippen LogP contribution in [0.4, 0.5) is 0 Å². The maximum Gasteiger partial charge on any atom is 0.254 e. The Morgan fingerprint density at radius 2 is 2.33 bits per heavy atom. The summed E-state index contributed by atoms with van der Waals surface area (Å²) in [4.78, 5) is 22.6. The molecule has 1 aromatic heterocycles. The summed E-state index contributed by atoms with van der Waals surface area (Å²) < 4.78 is 0. The second kappa shape index (κ2) is 4.12. The molecular formula is C9H12N4O2. The maximum absolute atomic E-state index is 11.4. The van der Waals surface area contributed by atoms with E-state index in [2.05, 4.69) is 20.8 Å². The third-order valence-electron chi connectivity index (χ3n) is 2.11. The van der Waals surface area contributed by atoms with Crippen molar-refractivity contribution in [2.45, 2.75) is 18.9 Å². The van der Waals surface area contributed by atoms with Gasteiger partial charge in [-0.2, -0.15) is 5.10 Å². The highest BCUT2D eigenvalue weighted by Gasteiger charge is 2.23. The predicted octanol–water partition coefficient (Wildman–Crippen LogP) is -0.582. The Hall–Kier alpha value is -1.85. The number of aromatic amines is 1. The van der Waals surface area contributed by atoms with Crippen LogP contribution in [0.3, 0.4) is 0 Å². The van der Waals surface area contributed by atoms with Crippen molar-refractivity contribution in [3.8, 4) is 0 Å². The van der Waals surface area contributed by atoms with Crippen LogP contribution in [0, 0.1) is 0 Å². The van der Waals surface area contributed by atoms with Gasteiger partial charge < -0.3 is 10.6 Å². The zero-order chi connectivity index (χ0) is 10.7. The maximum atomic E-state index is 11.4. The lowest BCUT2D eigenvalue weighted by molar-refractivity contribution is -0.120. The quantitative estimate of drug-likeness (QED) is 0.618. The summed E-state index contributed by atoms with van der Waals surface area (Å²) in [5.74, 6) is -0.441. The molecule has 6 heteroatoms. The molecule has 1 heterocycles. The summed E-state index contributed by atoms with van der Waals surface area (Å²) in [6.07, 6.45) is 4.98. The number of carbonyl (C=O) groups excluding carboxylic acids is 2. The Morgan fingerprint density at radius 3 is 2.93 bits per heavy atom. The Morgan fingerprint density at radius 1 is 1.53 bits per heavy atom. The van der Waals surface area contributed by atoms with E-state index in [9.17, 15) is 9.59 Å². The minimum atomic E-state index is -0.297. The van der Waals surface area contributed by atoms with E-state index in [0.29, 0.717) is 11.6 Å². The zero-order valence-electron chi connectivity index (χ0n) is 8.12. The van der Waals surface area contributed by atoms with Crippen LogP contribution in [0.15, 0.2) is 12.4 Å². The van der Waals surface area contributed by atoms with Gasteiger partial charge in [0.25, 0.3) is 5.91 Å². The Balaban J connectivity index is 1.72. The molecule has 0 aromatic carbocycles. The summed E-state index contributed by atoms with van der Waals surface area (Å²) in [6, 6.07) is 0.323. The number of H-pyrrole nitrogens is 1. The van der Waals surface area contributed by atoms with E-state index < -0.39 is 0 Å². The molecule has 0 bridgehead atoms. The molecule has 3 N–H and O–H groups in total. The second-order valence-electron chi connectivity index (χ2n) is 3.51. The van der Waals surface area contributed by atoms with Crippen LogP contribution in [0.1, 0.15) is 23.2 Å². The monoisotopic (exact) mass is 208 g/mol. The van der Waals surface area contributed by atoms with Crippen LogP contribution < -0.4 is 10.6 Å². The largest absolute Gasteiger partial charge is 0.352 e. The van der Waals surface area contributed by atoms with E-state index in [1.54, 1.807) is 0 Å². The van der Waals surface area contributed by atoms with Crippen LogP contribution >= 0.6 is 0 Å². The number of rotatable bonds is 4. The third kappa shape index (κ3) is 2.80. The minimum absolute atomic E-state index is 0.0144. The van der Waals surface area contributed by atoms with E-state index >= 15 is 0 Å². The first-order valence-electron chi connectivity index (χ1n) is 4.82. The van der Waals surface area contributed by atoms with Gasteiger partial charge in [0, 0.05) is 12.2 Å². The molecule has 1 aliphatic carbocycles. The van der Waals surface area contributed by atoms with Gasteiger partial charge in [-0.15, -0.1) is 0 Å². The number of hydrogen-bond acceptors (Lipinski definition) is 3. The Kier molecular flexibility index (Phi) is 2.66. The SMILES string of the molecule is O=C(CNC(=O)c1cn[nH]c1)NC1CC1. The van der Waals surface area contributed by atoms with Crippen LogP contribution in [-0.2, 0) is 4.79 Å². The van der Waals surface area contributed by atoms with Crippen molar-refractivity contribution < 1.29 is 9.59 Å². The highest BCUT2D eigenvalue weighted by Crippen LogP contribution is 2.18. The van der Waals surface area contributed by atoms with Crippen molar-refractivity contribution in [2.75, 3.05) is 6.54 Å². The highest BCUT2D eigenvalue weighted by atomic mass is 16.2. The molecule has 1 aliphatic rings. The zero-order valence-corrected chi connectivity index (χ0v) is 8.12. The summed E-state index contributed by atoms with van der Waals surface area (Å²) in [5.41, 5.74) is 0.425. The molecule has 0 unspecified atom stereocenters. The molecule has 2 amide bonds. The number of aromatic nitrogens is 2.